The fraction of sp³-hybridized carbons (Fsp3) is 0.468. The summed E-state index contributed by atoms with van der Waals surface area (Å²) in [6.07, 6.45) is -9.03. The second-order valence-corrected chi connectivity index (χ2v) is 17.8. The van der Waals surface area contributed by atoms with Crippen LogP contribution in [0.3, 0.4) is 0 Å². The molecule has 0 spiro atoms. The number of aldehydes is 1. The highest BCUT2D eigenvalue weighted by Crippen LogP contribution is 2.23. The van der Waals surface area contributed by atoms with Crippen molar-refractivity contribution in [3.8, 4) is 0 Å². The summed E-state index contributed by atoms with van der Waals surface area (Å²) in [5.41, 5.74) is 0.745. The van der Waals surface area contributed by atoms with Crippen LogP contribution in [-0.2, 0) is 56.0 Å². The van der Waals surface area contributed by atoms with E-state index < -0.39 is 121 Å². The summed E-state index contributed by atoms with van der Waals surface area (Å²) in [4.78, 5) is 117. The Morgan fingerprint density at radius 1 is 0.627 bits per heavy atom. The van der Waals surface area contributed by atoms with Gasteiger partial charge >= 0.3 is 18.1 Å². The monoisotopic (exact) mass is 940 g/mol. The molecule has 0 aliphatic rings. The second kappa shape index (κ2) is 24.6. The van der Waals surface area contributed by atoms with E-state index in [0.717, 1.165) is 16.3 Å². The van der Waals surface area contributed by atoms with Crippen LogP contribution in [-0.4, -0.2) is 106 Å². The SMILES string of the molecule is Cc1ccccc1C[C@H](NC(=O)[C@@H](Cc1ccc2ccccc2c1)NC(=O)[C@H](CC(=O)O)NC(=O)CCC(=O)O)C(=O)N[C@H](C(=O)N[C@@H](CC(C)C)C(=O)NC(C=O)CC(F)(F)F)C(C)(C)C. The van der Waals surface area contributed by atoms with E-state index >= 15 is 0 Å². The van der Waals surface area contributed by atoms with E-state index in [-0.39, 0.29) is 31.5 Å². The van der Waals surface area contributed by atoms with Gasteiger partial charge in [0.05, 0.1) is 25.3 Å². The van der Waals surface area contributed by atoms with Crippen molar-refractivity contribution in [2.24, 2.45) is 11.3 Å². The molecule has 0 fully saturated rings. The first-order valence-electron chi connectivity index (χ1n) is 21.5. The Bertz CT molecular complexity index is 2280. The number of rotatable bonds is 24. The van der Waals surface area contributed by atoms with Crippen LogP contribution in [0.15, 0.2) is 66.7 Å². The van der Waals surface area contributed by atoms with Crippen LogP contribution in [0, 0.1) is 18.3 Å². The van der Waals surface area contributed by atoms with Gasteiger partial charge in [0, 0.05) is 19.3 Å². The summed E-state index contributed by atoms with van der Waals surface area (Å²) in [6.45, 7) is 9.94. The number of carboxylic acids is 2. The topological polar surface area (TPSA) is 266 Å². The number of aliphatic carboxylic acids is 2. The quantitative estimate of drug-likeness (QED) is 0.0604. The molecule has 6 atom stereocenters. The molecule has 0 aromatic heterocycles. The molecule has 3 aromatic carbocycles. The number of alkyl halides is 3. The summed E-state index contributed by atoms with van der Waals surface area (Å²) in [5.74, 6) is -8.92. The third-order valence-electron chi connectivity index (χ3n) is 10.5. The molecule has 20 heteroatoms. The average Bonchev–Trinajstić information content (AvgIpc) is 3.22. The fourth-order valence-corrected chi connectivity index (χ4v) is 7.04. The standard InChI is InChI=1S/C47H59F3N6O11/c1-26(2)19-33(41(63)51-32(25-57)24-47(48,49)50)55-45(67)40(46(4,5)6)56-44(66)35(22-30-13-8-7-11-27(30)3)54-42(64)34(21-28-15-16-29-12-9-10-14-31(29)20-28)53-43(65)36(23-39(61)62)52-37(58)17-18-38(59)60/h7-16,20,25-26,32-36,40H,17-19,21-24H2,1-6H3,(H,51,63)(H,52,58)(H,53,65)(H,54,64)(H,55,67)(H,56,66)(H,59,60)(H,61,62)/t32?,33-,34+,35-,36-,40+/m0/s1. The first-order chi connectivity index (χ1) is 31.3. The fourth-order valence-electron chi connectivity index (χ4n) is 7.04. The van der Waals surface area contributed by atoms with E-state index in [9.17, 15) is 61.4 Å². The Hall–Kier alpha value is -6.86. The van der Waals surface area contributed by atoms with Crippen molar-refractivity contribution in [3.05, 3.63) is 83.4 Å². The van der Waals surface area contributed by atoms with Gasteiger partial charge in [0.15, 0.2) is 0 Å². The lowest BCUT2D eigenvalue weighted by Crippen LogP contribution is -2.62. The molecule has 1 unspecified atom stereocenters. The normalized spacial score (nSPS) is 14.3. The van der Waals surface area contributed by atoms with Gasteiger partial charge in [0.2, 0.25) is 35.4 Å². The Morgan fingerprint density at radius 3 is 1.75 bits per heavy atom. The summed E-state index contributed by atoms with van der Waals surface area (Å²) >= 11 is 0. The average molecular weight is 941 g/mol. The minimum absolute atomic E-state index is 0.0596. The van der Waals surface area contributed by atoms with Crippen molar-refractivity contribution in [2.45, 2.75) is 129 Å². The van der Waals surface area contributed by atoms with Gasteiger partial charge in [-0.2, -0.15) is 13.2 Å². The molecule has 364 valence electrons. The number of aryl methyl sites for hydroxylation is 1. The van der Waals surface area contributed by atoms with Crippen molar-refractivity contribution in [1.29, 1.82) is 0 Å². The Balaban J connectivity index is 2.03. The Labute approximate surface area is 385 Å². The molecule has 3 rings (SSSR count). The minimum Gasteiger partial charge on any atom is -0.481 e. The highest BCUT2D eigenvalue weighted by atomic mass is 19.4. The number of carboxylic acid groups (broad SMARTS) is 2. The van der Waals surface area contributed by atoms with Crippen LogP contribution in [0.5, 0.6) is 0 Å². The number of amides is 6. The van der Waals surface area contributed by atoms with Crippen LogP contribution >= 0.6 is 0 Å². The highest BCUT2D eigenvalue weighted by Gasteiger charge is 2.39. The zero-order chi connectivity index (χ0) is 50.2. The molecule has 0 aliphatic heterocycles. The number of hydrogen-bond acceptors (Lipinski definition) is 9. The molecule has 6 amide bonds. The smallest absolute Gasteiger partial charge is 0.391 e. The summed E-state index contributed by atoms with van der Waals surface area (Å²) < 4.78 is 39.4. The van der Waals surface area contributed by atoms with E-state index in [0.29, 0.717) is 11.1 Å². The van der Waals surface area contributed by atoms with Crippen LogP contribution in [0.1, 0.15) is 83.4 Å². The number of carbonyl (C=O) groups excluding carboxylic acids is 7. The van der Waals surface area contributed by atoms with Gasteiger partial charge in [-0.3, -0.25) is 38.4 Å². The summed E-state index contributed by atoms with van der Waals surface area (Å²) in [6, 6.07) is 9.89. The lowest BCUT2D eigenvalue weighted by atomic mass is 9.85. The Kier molecular flexibility index (Phi) is 20.0. The molecular weight excluding hydrogens is 882 g/mol. The number of carbonyl (C=O) groups is 9. The molecule has 0 radical (unpaired) electrons. The second-order valence-electron chi connectivity index (χ2n) is 17.8. The van der Waals surface area contributed by atoms with E-state index in [4.69, 9.17) is 5.11 Å². The molecule has 0 saturated carbocycles. The zero-order valence-electron chi connectivity index (χ0n) is 38.1. The molecule has 0 aliphatic carbocycles. The van der Waals surface area contributed by atoms with Crippen molar-refractivity contribution in [3.63, 3.8) is 0 Å². The van der Waals surface area contributed by atoms with Crippen LogP contribution in [0.25, 0.3) is 10.8 Å². The van der Waals surface area contributed by atoms with E-state index in [1.165, 1.54) is 0 Å². The molecule has 0 heterocycles. The number of hydrogen-bond donors (Lipinski definition) is 8. The number of fused-ring (bicyclic) bond motifs is 1. The van der Waals surface area contributed by atoms with Gasteiger partial charge in [-0.25, -0.2) is 0 Å². The zero-order valence-corrected chi connectivity index (χ0v) is 38.1. The lowest BCUT2D eigenvalue weighted by molar-refractivity contribution is -0.147. The summed E-state index contributed by atoms with van der Waals surface area (Å²) in [5, 5.41) is 34.9. The van der Waals surface area contributed by atoms with Gasteiger partial charge in [-0.05, 0) is 52.1 Å². The highest BCUT2D eigenvalue weighted by molar-refractivity contribution is 5.98. The Morgan fingerprint density at radius 2 is 1.18 bits per heavy atom. The van der Waals surface area contributed by atoms with E-state index in [2.05, 4.69) is 26.6 Å². The molecule has 8 N–H and O–H groups in total. The lowest BCUT2D eigenvalue weighted by Gasteiger charge is -2.34. The molecule has 0 bridgehead atoms. The number of nitrogens with one attached hydrogen (secondary N) is 6. The molecule has 17 nitrogen and oxygen atoms in total. The van der Waals surface area contributed by atoms with Crippen LogP contribution in [0.4, 0.5) is 13.2 Å². The van der Waals surface area contributed by atoms with Crippen molar-refractivity contribution < 1.29 is 66.5 Å². The van der Waals surface area contributed by atoms with Crippen molar-refractivity contribution in [1.82, 2.24) is 31.9 Å². The third kappa shape index (κ3) is 18.5. The van der Waals surface area contributed by atoms with Gasteiger partial charge in [-0.1, -0.05) is 101 Å². The largest absolute Gasteiger partial charge is 0.481 e. The third-order valence-corrected chi connectivity index (χ3v) is 10.5. The predicted molar refractivity (Wildman–Crippen MR) is 239 cm³/mol. The van der Waals surface area contributed by atoms with Gasteiger partial charge in [-0.15, -0.1) is 0 Å². The van der Waals surface area contributed by atoms with Crippen LogP contribution < -0.4 is 31.9 Å². The first-order valence-corrected chi connectivity index (χ1v) is 21.5. The maximum absolute atomic E-state index is 14.5. The van der Waals surface area contributed by atoms with E-state index in [1.807, 2.05) is 23.5 Å². The number of benzene rings is 3. The number of halogens is 3. The van der Waals surface area contributed by atoms with Crippen LogP contribution in [0.2, 0.25) is 0 Å². The van der Waals surface area contributed by atoms with Gasteiger partial charge in [0.25, 0.3) is 0 Å². The summed E-state index contributed by atoms with van der Waals surface area (Å²) in [7, 11) is 0. The van der Waals surface area contributed by atoms with Crippen molar-refractivity contribution in [2.75, 3.05) is 0 Å². The molecule has 67 heavy (non-hydrogen) atoms. The maximum atomic E-state index is 14.5. The molecular formula is C47H59F3N6O11. The molecule has 3 aromatic rings. The molecule has 0 saturated heterocycles. The first kappa shape index (κ1) is 54.5. The van der Waals surface area contributed by atoms with Crippen molar-refractivity contribution >= 4 is 64.4 Å². The van der Waals surface area contributed by atoms with Gasteiger partial charge in [0.1, 0.15) is 36.5 Å². The van der Waals surface area contributed by atoms with E-state index in [1.54, 1.807) is 90.1 Å². The van der Waals surface area contributed by atoms with Gasteiger partial charge < -0.3 is 46.9 Å². The minimum atomic E-state index is -4.78. The maximum Gasteiger partial charge on any atom is 0.391 e. The predicted octanol–water partition coefficient (Wildman–Crippen LogP) is 3.43.